The second-order valence-corrected chi connectivity index (χ2v) is 5.02. The number of hydrazine groups is 1. The molecule has 20 heavy (non-hydrogen) atoms. The second-order valence-electron chi connectivity index (χ2n) is 5.02. The molecule has 2 aromatic heterocycles. The largest absolute Gasteiger partial charge is 0.308 e. The van der Waals surface area contributed by atoms with E-state index in [1.54, 1.807) is 4.52 Å². The number of nitrogens with one attached hydrogen (secondary N) is 1. The minimum atomic E-state index is 0.325. The van der Waals surface area contributed by atoms with Crippen LogP contribution in [0, 0.1) is 0 Å². The number of benzene rings is 1. The van der Waals surface area contributed by atoms with Gasteiger partial charge in [0.15, 0.2) is 5.65 Å². The van der Waals surface area contributed by atoms with Gasteiger partial charge < -0.3 is 5.43 Å². The molecule has 0 aliphatic heterocycles. The molecule has 2 heterocycles. The Morgan fingerprint density at radius 1 is 1.20 bits per heavy atom. The summed E-state index contributed by atoms with van der Waals surface area (Å²) in [6.07, 6.45) is 1.82. The van der Waals surface area contributed by atoms with Crippen LogP contribution in [0.2, 0.25) is 0 Å². The molecular formula is C15H17N5. The number of nitrogen functional groups attached to an aromatic ring is 1. The summed E-state index contributed by atoms with van der Waals surface area (Å²) in [7, 11) is 0. The van der Waals surface area contributed by atoms with Crippen molar-refractivity contribution in [2.24, 2.45) is 5.84 Å². The van der Waals surface area contributed by atoms with Gasteiger partial charge in [0.1, 0.15) is 5.82 Å². The van der Waals surface area contributed by atoms with Gasteiger partial charge in [-0.1, -0.05) is 44.2 Å². The van der Waals surface area contributed by atoms with Gasteiger partial charge in [0, 0.05) is 17.3 Å². The molecule has 5 nitrogen and oxygen atoms in total. The van der Waals surface area contributed by atoms with Crippen molar-refractivity contribution in [3.8, 4) is 11.1 Å². The topological polar surface area (TPSA) is 68.2 Å². The Labute approximate surface area is 117 Å². The monoisotopic (exact) mass is 267 g/mol. The molecule has 3 N–H and O–H groups in total. The number of nitrogens with two attached hydrogens (primary N) is 1. The number of rotatable bonds is 3. The van der Waals surface area contributed by atoms with E-state index in [1.165, 1.54) is 0 Å². The van der Waals surface area contributed by atoms with E-state index in [0.717, 1.165) is 28.3 Å². The summed E-state index contributed by atoms with van der Waals surface area (Å²) < 4.78 is 1.73. The second kappa shape index (κ2) is 4.94. The number of fused-ring (bicyclic) bond motifs is 1. The number of anilines is 1. The molecule has 0 amide bonds. The van der Waals surface area contributed by atoms with Crippen LogP contribution in [0.25, 0.3) is 16.8 Å². The van der Waals surface area contributed by atoms with Crippen molar-refractivity contribution < 1.29 is 0 Å². The third-order valence-corrected chi connectivity index (χ3v) is 3.32. The van der Waals surface area contributed by atoms with Crippen molar-refractivity contribution in [1.82, 2.24) is 14.6 Å². The van der Waals surface area contributed by atoms with Crippen LogP contribution in [0.1, 0.15) is 25.5 Å². The summed E-state index contributed by atoms with van der Waals surface area (Å²) in [6.45, 7) is 4.22. The van der Waals surface area contributed by atoms with E-state index in [-0.39, 0.29) is 0 Å². The minimum Gasteiger partial charge on any atom is -0.308 e. The fourth-order valence-electron chi connectivity index (χ4n) is 2.20. The smallest absolute Gasteiger partial charge is 0.165 e. The van der Waals surface area contributed by atoms with E-state index >= 15 is 0 Å². The highest BCUT2D eigenvalue weighted by Crippen LogP contribution is 2.26. The first-order valence-electron chi connectivity index (χ1n) is 6.61. The van der Waals surface area contributed by atoms with Gasteiger partial charge in [-0.2, -0.15) is 9.61 Å². The van der Waals surface area contributed by atoms with Crippen molar-refractivity contribution in [3.63, 3.8) is 0 Å². The lowest BCUT2D eigenvalue weighted by atomic mass is 10.1. The molecule has 1 aromatic carbocycles. The maximum Gasteiger partial charge on any atom is 0.165 e. The van der Waals surface area contributed by atoms with Crippen LogP contribution < -0.4 is 11.3 Å². The van der Waals surface area contributed by atoms with Gasteiger partial charge in [0.25, 0.3) is 0 Å². The van der Waals surface area contributed by atoms with E-state index in [9.17, 15) is 0 Å². The number of hydrogen-bond acceptors (Lipinski definition) is 4. The third-order valence-electron chi connectivity index (χ3n) is 3.32. The van der Waals surface area contributed by atoms with Crippen LogP contribution in [-0.4, -0.2) is 14.6 Å². The van der Waals surface area contributed by atoms with E-state index in [0.29, 0.717) is 5.92 Å². The predicted molar refractivity (Wildman–Crippen MR) is 80.3 cm³/mol. The molecule has 102 valence electrons. The molecule has 0 unspecified atom stereocenters. The highest BCUT2D eigenvalue weighted by Gasteiger charge is 2.13. The average Bonchev–Trinajstić information content (AvgIpc) is 2.91. The lowest BCUT2D eigenvalue weighted by Gasteiger charge is -2.10. The fraction of sp³-hybridized carbons (Fsp3) is 0.200. The molecule has 0 saturated carbocycles. The lowest BCUT2D eigenvalue weighted by Crippen LogP contribution is -2.13. The molecule has 0 aliphatic carbocycles. The van der Waals surface area contributed by atoms with Crippen LogP contribution >= 0.6 is 0 Å². The molecule has 3 aromatic rings. The maximum atomic E-state index is 5.59. The fourth-order valence-corrected chi connectivity index (χ4v) is 2.20. The molecule has 0 saturated heterocycles. The van der Waals surface area contributed by atoms with Gasteiger partial charge in [-0.15, -0.1) is 0 Å². The first-order chi connectivity index (χ1) is 9.70. The zero-order chi connectivity index (χ0) is 14.1. The lowest BCUT2D eigenvalue weighted by molar-refractivity contribution is 0.809. The first kappa shape index (κ1) is 12.6. The molecule has 0 aliphatic rings. The van der Waals surface area contributed by atoms with Gasteiger partial charge in [-0.25, -0.2) is 10.8 Å². The summed E-state index contributed by atoms with van der Waals surface area (Å²) in [5.74, 6) is 6.66. The molecular weight excluding hydrogens is 250 g/mol. The van der Waals surface area contributed by atoms with Crippen molar-refractivity contribution in [3.05, 3.63) is 48.3 Å². The van der Waals surface area contributed by atoms with E-state index in [4.69, 9.17) is 10.8 Å². The Kier molecular flexibility index (Phi) is 3.12. The van der Waals surface area contributed by atoms with Crippen molar-refractivity contribution >= 4 is 11.5 Å². The Morgan fingerprint density at radius 2 is 1.95 bits per heavy atom. The maximum absolute atomic E-state index is 5.59. The van der Waals surface area contributed by atoms with Gasteiger partial charge in [0.05, 0.1) is 6.20 Å². The Hall–Kier alpha value is -2.40. The molecule has 0 fully saturated rings. The number of hydrogen-bond donors (Lipinski definition) is 2. The minimum absolute atomic E-state index is 0.325. The number of nitrogens with zero attached hydrogens (tertiary/aromatic N) is 3. The average molecular weight is 267 g/mol. The van der Waals surface area contributed by atoms with E-state index in [2.05, 4.69) is 36.5 Å². The van der Waals surface area contributed by atoms with E-state index in [1.807, 2.05) is 30.5 Å². The molecule has 5 heteroatoms. The van der Waals surface area contributed by atoms with Crippen LogP contribution in [0.4, 0.5) is 5.82 Å². The molecule has 0 radical (unpaired) electrons. The number of aromatic nitrogens is 3. The normalized spacial score (nSPS) is 11.2. The Morgan fingerprint density at radius 3 is 2.60 bits per heavy atom. The predicted octanol–water partition coefficient (Wildman–Crippen LogP) is 2.81. The van der Waals surface area contributed by atoms with Crippen molar-refractivity contribution in [1.29, 1.82) is 0 Å². The van der Waals surface area contributed by atoms with Crippen molar-refractivity contribution in [2.75, 3.05) is 5.43 Å². The molecule has 0 bridgehead atoms. The van der Waals surface area contributed by atoms with Crippen LogP contribution in [0.3, 0.4) is 0 Å². The summed E-state index contributed by atoms with van der Waals surface area (Å²) in [6, 6.07) is 12.0. The standard InChI is InChI=1S/C15H17N5/c1-10(2)13-8-14(19-16)20-15(18-13)12(9-17-20)11-6-4-3-5-7-11/h3-10,19H,16H2,1-2H3. The highest BCUT2D eigenvalue weighted by atomic mass is 15.4. The summed E-state index contributed by atoms with van der Waals surface area (Å²) >= 11 is 0. The third kappa shape index (κ3) is 2.02. The zero-order valence-corrected chi connectivity index (χ0v) is 11.5. The van der Waals surface area contributed by atoms with Gasteiger partial charge >= 0.3 is 0 Å². The van der Waals surface area contributed by atoms with Crippen LogP contribution in [0.5, 0.6) is 0 Å². The van der Waals surface area contributed by atoms with Crippen molar-refractivity contribution in [2.45, 2.75) is 19.8 Å². The quantitative estimate of drug-likeness (QED) is 0.565. The van der Waals surface area contributed by atoms with Crippen LogP contribution in [-0.2, 0) is 0 Å². The zero-order valence-electron chi connectivity index (χ0n) is 11.5. The summed E-state index contributed by atoms with van der Waals surface area (Å²) in [5, 5.41) is 4.38. The molecule has 0 atom stereocenters. The van der Waals surface area contributed by atoms with Gasteiger partial charge in [0.2, 0.25) is 0 Å². The van der Waals surface area contributed by atoms with Gasteiger partial charge in [-0.3, -0.25) is 0 Å². The Bertz CT molecular complexity index is 731. The van der Waals surface area contributed by atoms with E-state index < -0.39 is 0 Å². The summed E-state index contributed by atoms with van der Waals surface area (Å²) in [5.41, 5.74) is 6.60. The van der Waals surface area contributed by atoms with Gasteiger partial charge in [-0.05, 0) is 11.5 Å². The molecule has 0 spiro atoms. The Balaban J connectivity index is 2.28. The van der Waals surface area contributed by atoms with Crippen LogP contribution in [0.15, 0.2) is 42.6 Å². The molecule has 3 rings (SSSR count). The SMILES string of the molecule is CC(C)c1cc(NN)n2ncc(-c3ccccc3)c2n1. The first-order valence-corrected chi connectivity index (χ1v) is 6.61. The highest BCUT2D eigenvalue weighted by molar-refractivity contribution is 5.78. The summed E-state index contributed by atoms with van der Waals surface area (Å²) in [4.78, 5) is 4.72.